The number of carbonyl (C=O) groups is 1. The van der Waals surface area contributed by atoms with Gasteiger partial charge in [0.05, 0.1) is 12.0 Å². The lowest BCUT2D eigenvalue weighted by atomic mass is 10.1. The first kappa shape index (κ1) is 16.5. The summed E-state index contributed by atoms with van der Waals surface area (Å²) < 4.78 is 37.2. The Kier molecular flexibility index (Phi) is 5.56. The molecule has 1 atom stereocenters. The Bertz CT molecular complexity index is 443. The Labute approximate surface area is 116 Å². The first-order chi connectivity index (χ1) is 9.24. The molecule has 1 aromatic rings. The number of benzene rings is 1. The van der Waals surface area contributed by atoms with Crippen LogP contribution < -0.4 is 5.73 Å². The van der Waals surface area contributed by atoms with Gasteiger partial charge >= 0.3 is 6.18 Å². The second kappa shape index (κ2) is 6.74. The summed E-state index contributed by atoms with van der Waals surface area (Å²) in [6.07, 6.45) is -4.26. The van der Waals surface area contributed by atoms with E-state index in [9.17, 15) is 18.0 Å². The average Bonchev–Trinajstić information content (AvgIpc) is 2.38. The second-order valence-electron chi connectivity index (χ2n) is 4.99. The maximum atomic E-state index is 12.4. The molecule has 0 bridgehead atoms. The molecule has 0 aliphatic carbocycles. The van der Waals surface area contributed by atoms with Gasteiger partial charge in [-0.1, -0.05) is 19.1 Å². The van der Waals surface area contributed by atoms with E-state index >= 15 is 0 Å². The molecule has 0 aromatic heterocycles. The van der Waals surface area contributed by atoms with Crippen LogP contribution in [0.3, 0.4) is 0 Å². The van der Waals surface area contributed by atoms with Gasteiger partial charge in [0, 0.05) is 13.6 Å². The monoisotopic (exact) mass is 288 g/mol. The molecule has 1 unspecified atom stereocenters. The molecule has 0 fully saturated rings. The maximum absolute atomic E-state index is 12.4. The van der Waals surface area contributed by atoms with E-state index in [0.717, 1.165) is 12.1 Å². The summed E-state index contributed by atoms with van der Waals surface area (Å²) >= 11 is 0. The molecule has 112 valence electrons. The summed E-state index contributed by atoms with van der Waals surface area (Å²) in [6.45, 7) is 2.95. The quantitative estimate of drug-likeness (QED) is 0.903. The fraction of sp³-hybridized carbons (Fsp3) is 0.500. The Hall–Kier alpha value is -1.56. The zero-order valence-electron chi connectivity index (χ0n) is 11.6. The molecule has 6 heteroatoms. The van der Waals surface area contributed by atoms with Gasteiger partial charge in [-0.15, -0.1) is 0 Å². The maximum Gasteiger partial charge on any atom is 0.416 e. The van der Waals surface area contributed by atoms with Crippen molar-refractivity contribution >= 4 is 5.91 Å². The van der Waals surface area contributed by atoms with Gasteiger partial charge in [0.25, 0.3) is 0 Å². The molecule has 0 spiro atoms. The molecular weight excluding hydrogens is 269 g/mol. The highest BCUT2D eigenvalue weighted by atomic mass is 19.4. The van der Waals surface area contributed by atoms with Gasteiger partial charge in [-0.25, -0.2) is 0 Å². The largest absolute Gasteiger partial charge is 0.416 e. The van der Waals surface area contributed by atoms with E-state index in [1.807, 2.05) is 6.92 Å². The molecule has 3 nitrogen and oxygen atoms in total. The van der Waals surface area contributed by atoms with E-state index in [2.05, 4.69) is 0 Å². The number of halogens is 3. The van der Waals surface area contributed by atoms with Crippen molar-refractivity contribution in [3.63, 3.8) is 0 Å². The summed E-state index contributed by atoms with van der Waals surface area (Å²) in [4.78, 5) is 13.5. The normalized spacial score (nSPS) is 13.1. The third-order valence-electron chi connectivity index (χ3n) is 3.05. The van der Waals surface area contributed by atoms with Crippen molar-refractivity contribution < 1.29 is 18.0 Å². The van der Waals surface area contributed by atoms with Gasteiger partial charge in [0.2, 0.25) is 5.91 Å². The predicted molar refractivity (Wildman–Crippen MR) is 71.0 cm³/mol. The van der Waals surface area contributed by atoms with Crippen molar-refractivity contribution in [1.29, 1.82) is 0 Å². The minimum atomic E-state index is -4.35. The van der Waals surface area contributed by atoms with E-state index in [4.69, 9.17) is 5.73 Å². The first-order valence-electron chi connectivity index (χ1n) is 6.34. The number of alkyl halides is 3. The number of carbonyl (C=O) groups excluding carboxylic acids is 1. The third-order valence-corrected chi connectivity index (χ3v) is 3.05. The number of nitrogens with zero attached hydrogens (tertiary/aromatic N) is 1. The lowest BCUT2D eigenvalue weighted by Crippen LogP contribution is -2.34. The van der Waals surface area contributed by atoms with E-state index in [0.29, 0.717) is 18.7 Å². The summed E-state index contributed by atoms with van der Waals surface area (Å²) in [5.74, 6) is 0.0571. The number of rotatable bonds is 5. The Morgan fingerprint density at radius 1 is 1.30 bits per heavy atom. The van der Waals surface area contributed by atoms with Gasteiger partial charge in [0.15, 0.2) is 0 Å². The molecule has 20 heavy (non-hydrogen) atoms. The van der Waals surface area contributed by atoms with E-state index < -0.39 is 11.7 Å². The van der Waals surface area contributed by atoms with Crippen molar-refractivity contribution in [1.82, 2.24) is 4.90 Å². The van der Waals surface area contributed by atoms with Crippen molar-refractivity contribution in [3.05, 3.63) is 35.4 Å². The number of likely N-dealkylation sites (N-methyl/N-ethyl adjacent to an activating group) is 1. The number of nitrogens with two attached hydrogens (primary N) is 1. The molecule has 0 radical (unpaired) electrons. The minimum Gasteiger partial charge on any atom is -0.345 e. The SMILES string of the molecule is CC(CN)CN(C)C(=O)Cc1ccc(C(F)(F)F)cc1. The summed E-state index contributed by atoms with van der Waals surface area (Å²) in [5, 5.41) is 0. The number of hydrogen-bond donors (Lipinski definition) is 1. The van der Waals surface area contributed by atoms with Crippen LogP contribution in [-0.4, -0.2) is 30.9 Å². The van der Waals surface area contributed by atoms with Crippen LogP contribution in [0.5, 0.6) is 0 Å². The van der Waals surface area contributed by atoms with Crippen LogP contribution in [0.4, 0.5) is 13.2 Å². The third kappa shape index (κ3) is 4.85. The molecule has 1 aromatic carbocycles. The molecule has 0 heterocycles. The van der Waals surface area contributed by atoms with Gasteiger partial charge in [-0.2, -0.15) is 13.2 Å². The van der Waals surface area contributed by atoms with Crippen LogP contribution in [0.2, 0.25) is 0 Å². The molecule has 1 rings (SSSR count). The first-order valence-corrected chi connectivity index (χ1v) is 6.34. The van der Waals surface area contributed by atoms with Gasteiger partial charge in [0.1, 0.15) is 0 Å². The lowest BCUT2D eigenvalue weighted by Gasteiger charge is -2.20. The Morgan fingerprint density at radius 3 is 2.30 bits per heavy atom. The van der Waals surface area contributed by atoms with Crippen LogP contribution >= 0.6 is 0 Å². The molecular formula is C14H19F3N2O. The van der Waals surface area contributed by atoms with Crippen LogP contribution in [0.1, 0.15) is 18.1 Å². The Morgan fingerprint density at radius 2 is 1.85 bits per heavy atom. The predicted octanol–water partition coefficient (Wildman–Crippen LogP) is 2.30. The van der Waals surface area contributed by atoms with E-state index in [-0.39, 0.29) is 18.2 Å². The topological polar surface area (TPSA) is 46.3 Å². The van der Waals surface area contributed by atoms with Crippen LogP contribution in [0.25, 0.3) is 0 Å². The molecule has 2 N–H and O–H groups in total. The smallest absolute Gasteiger partial charge is 0.345 e. The molecule has 1 amide bonds. The van der Waals surface area contributed by atoms with Gasteiger partial charge in [-0.3, -0.25) is 4.79 Å². The fourth-order valence-corrected chi connectivity index (χ4v) is 1.77. The van der Waals surface area contributed by atoms with E-state index in [1.165, 1.54) is 12.1 Å². The highest BCUT2D eigenvalue weighted by molar-refractivity contribution is 5.78. The van der Waals surface area contributed by atoms with Crippen LogP contribution in [0, 0.1) is 5.92 Å². The molecule has 0 saturated heterocycles. The Balaban J connectivity index is 2.62. The van der Waals surface area contributed by atoms with E-state index in [1.54, 1.807) is 11.9 Å². The highest BCUT2D eigenvalue weighted by Crippen LogP contribution is 2.29. The zero-order valence-corrected chi connectivity index (χ0v) is 11.6. The zero-order chi connectivity index (χ0) is 15.3. The summed E-state index contributed by atoms with van der Waals surface area (Å²) in [6, 6.07) is 4.65. The second-order valence-corrected chi connectivity index (χ2v) is 4.99. The fourth-order valence-electron chi connectivity index (χ4n) is 1.77. The van der Waals surface area contributed by atoms with Crippen LogP contribution in [-0.2, 0) is 17.4 Å². The van der Waals surface area contributed by atoms with Crippen molar-refractivity contribution in [2.24, 2.45) is 11.7 Å². The van der Waals surface area contributed by atoms with Crippen molar-refractivity contribution in [2.75, 3.05) is 20.1 Å². The standard InChI is InChI=1S/C14H19F3N2O/c1-10(8-18)9-19(2)13(20)7-11-3-5-12(6-4-11)14(15,16)17/h3-6,10H,7-9,18H2,1-2H3. The van der Waals surface area contributed by atoms with Gasteiger partial charge in [-0.05, 0) is 30.2 Å². The molecule has 0 aliphatic heterocycles. The van der Waals surface area contributed by atoms with Crippen molar-refractivity contribution in [2.45, 2.75) is 19.5 Å². The summed E-state index contributed by atoms with van der Waals surface area (Å²) in [7, 11) is 1.67. The number of hydrogen-bond acceptors (Lipinski definition) is 2. The minimum absolute atomic E-state index is 0.0892. The summed E-state index contributed by atoms with van der Waals surface area (Å²) in [5.41, 5.74) is 5.34. The van der Waals surface area contributed by atoms with Gasteiger partial charge < -0.3 is 10.6 Å². The molecule has 0 aliphatic rings. The lowest BCUT2D eigenvalue weighted by molar-refractivity contribution is -0.137. The molecule has 0 saturated carbocycles. The van der Waals surface area contributed by atoms with Crippen LogP contribution in [0.15, 0.2) is 24.3 Å². The highest BCUT2D eigenvalue weighted by Gasteiger charge is 2.30. The van der Waals surface area contributed by atoms with Crippen molar-refractivity contribution in [3.8, 4) is 0 Å². The average molecular weight is 288 g/mol. The number of amides is 1.